The number of hydrogen-bond acceptors (Lipinski definition) is 5. The van der Waals surface area contributed by atoms with Gasteiger partial charge in [-0.3, -0.25) is 9.59 Å². The molecule has 1 saturated carbocycles. The zero-order chi connectivity index (χ0) is 25.7. The van der Waals surface area contributed by atoms with Crippen molar-refractivity contribution < 1.29 is 14.1 Å². The van der Waals surface area contributed by atoms with Crippen LogP contribution in [-0.4, -0.2) is 33.0 Å². The summed E-state index contributed by atoms with van der Waals surface area (Å²) in [7, 11) is 0. The molecule has 0 radical (unpaired) electrons. The smallest absolute Gasteiger partial charge is 0.227 e. The van der Waals surface area contributed by atoms with Crippen molar-refractivity contribution in [1.29, 1.82) is 0 Å². The van der Waals surface area contributed by atoms with E-state index in [1.165, 1.54) is 6.92 Å². The van der Waals surface area contributed by atoms with Gasteiger partial charge >= 0.3 is 0 Å². The Bertz CT molecular complexity index is 1170. The van der Waals surface area contributed by atoms with Gasteiger partial charge in [0, 0.05) is 48.6 Å². The summed E-state index contributed by atoms with van der Waals surface area (Å²) in [5.41, 5.74) is 1.36. The first-order valence-electron chi connectivity index (χ1n) is 13.3. The number of hydrogen-bond donors (Lipinski definition) is 2. The molecule has 0 aliphatic heterocycles. The highest BCUT2D eigenvalue weighted by Gasteiger charge is 2.38. The van der Waals surface area contributed by atoms with E-state index in [2.05, 4.69) is 47.3 Å². The number of anilines is 1. The molecule has 8 nitrogen and oxygen atoms in total. The molecule has 0 spiro atoms. The van der Waals surface area contributed by atoms with Gasteiger partial charge in [-0.2, -0.15) is 4.98 Å². The van der Waals surface area contributed by atoms with E-state index < -0.39 is 5.54 Å². The van der Waals surface area contributed by atoms with Crippen LogP contribution in [0.25, 0.3) is 10.9 Å². The maximum Gasteiger partial charge on any atom is 0.227 e. The van der Waals surface area contributed by atoms with Gasteiger partial charge in [-0.25, -0.2) is 0 Å². The first-order valence-corrected chi connectivity index (χ1v) is 13.3. The van der Waals surface area contributed by atoms with Crippen LogP contribution < -0.4 is 10.2 Å². The average Bonchev–Trinajstić information content (AvgIpc) is 3.43. The van der Waals surface area contributed by atoms with E-state index in [4.69, 9.17) is 4.52 Å². The lowest BCUT2D eigenvalue weighted by Gasteiger charge is -2.31. The Balaban J connectivity index is 1.51. The first kappa shape index (κ1) is 25.9. The van der Waals surface area contributed by atoms with Crippen LogP contribution in [0.2, 0.25) is 0 Å². The number of carbonyl (C=O) groups is 2. The molecular formula is C28H39N5O3. The maximum absolute atomic E-state index is 13.5. The van der Waals surface area contributed by atoms with Crippen LogP contribution in [0, 0.1) is 5.92 Å². The number of aryl methyl sites for hydroxylation is 1. The molecule has 1 fully saturated rings. The molecule has 0 unspecified atom stereocenters. The Labute approximate surface area is 213 Å². The van der Waals surface area contributed by atoms with Gasteiger partial charge in [0.05, 0.1) is 0 Å². The highest BCUT2D eigenvalue weighted by Crippen LogP contribution is 2.35. The fourth-order valence-corrected chi connectivity index (χ4v) is 5.58. The van der Waals surface area contributed by atoms with Gasteiger partial charge in [0.15, 0.2) is 5.82 Å². The standard InChI is InChI=1S/C28H39N5O3/c1-19(2)17-20(3)33(23-9-10-24-22(18-23)13-16-29-24)26(35)12-11-25-30-27(32-36-25)28(31-21(4)34)14-7-5-6-8-15-28/h9-10,13,16,18-20,29H,5-8,11-12,14-15,17H2,1-4H3,(H,31,34)/t20-/m0/s1. The lowest BCUT2D eigenvalue weighted by Crippen LogP contribution is -2.45. The number of rotatable bonds is 9. The monoisotopic (exact) mass is 493 g/mol. The number of fused-ring (bicyclic) bond motifs is 1. The predicted octanol–water partition coefficient (Wildman–Crippen LogP) is 5.64. The van der Waals surface area contributed by atoms with Crippen molar-refractivity contribution >= 4 is 28.4 Å². The maximum atomic E-state index is 13.5. The summed E-state index contributed by atoms with van der Waals surface area (Å²) in [5.74, 6) is 1.38. The van der Waals surface area contributed by atoms with Crippen LogP contribution in [0.4, 0.5) is 5.69 Å². The summed E-state index contributed by atoms with van der Waals surface area (Å²) in [4.78, 5) is 35.3. The minimum Gasteiger partial charge on any atom is -0.361 e. The van der Waals surface area contributed by atoms with Crippen molar-refractivity contribution in [2.75, 3.05) is 4.90 Å². The topological polar surface area (TPSA) is 104 Å². The SMILES string of the molecule is CC(=O)NC1(c2noc(CCC(=O)N(c3ccc4[nH]ccc4c3)[C@@H](C)CC(C)C)n2)CCCCCC1. The number of aromatic nitrogens is 3. The zero-order valence-electron chi connectivity index (χ0n) is 22.0. The van der Waals surface area contributed by atoms with Gasteiger partial charge < -0.3 is 19.7 Å². The molecule has 1 aliphatic carbocycles. The molecule has 3 aromatic rings. The summed E-state index contributed by atoms with van der Waals surface area (Å²) < 4.78 is 5.59. The number of aromatic amines is 1. The normalized spacial score (nSPS) is 16.6. The van der Waals surface area contributed by atoms with Crippen molar-refractivity contribution in [2.24, 2.45) is 5.92 Å². The molecular weight excluding hydrogens is 454 g/mol. The number of benzene rings is 1. The van der Waals surface area contributed by atoms with Crippen LogP contribution in [0.5, 0.6) is 0 Å². The van der Waals surface area contributed by atoms with Gasteiger partial charge in [0.2, 0.25) is 17.7 Å². The molecule has 4 rings (SSSR count). The Kier molecular flexibility index (Phi) is 8.11. The van der Waals surface area contributed by atoms with E-state index in [0.717, 1.165) is 61.5 Å². The van der Waals surface area contributed by atoms with Crippen LogP contribution in [0.1, 0.15) is 90.8 Å². The van der Waals surface area contributed by atoms with Gasteiger partial charge in [0.25, 0.3) is 0 Å². The van der Waals surface area contributed by atoms with Crippen LogP contribution in [0.15, 0.2) is 35.0 Å². The van der Waals surface area contributed by atoms with Crippen molar-refractivity contribution in [1.82, 2.24) is 20.4 Å². The molecule has 194 valence electrons. The molecule has 1 atom stereocenters. The van der Waals surface area contributed by atoms with Gasteiger partial charge in [-0.05, 0) is 56.4 Å². The van der Waals surface area contributed by atoms with Crippen LogP contribution in [-0.2, 0) is 21.5 Å². The summed E-state index contributed by atoms with van der Waals surface area (Å²) in [6.45, 7) is 7.98. The number of carbonyl (C=O) groups excluding carboxylic acids is 2. The summed E-state index contributed by atoms with van der Waals surface area (Å²) in [6, 6.07) is 8.16. The zero-order valence-corrected chi connectivity index (χ0v) is 22.0. The highest BCUT2D eigenvalue weighted by molar-refractivity contribution is 5.96. The van der Waals surface area contributed by atoms with E-state index in [1.54, 1.807) is 0 Å². The molecule has 2 aromatic heterocycles. The Morgan fingerprint density at radius 3 is 2.58 bits per heavy atom. The predicted molar refractivity (Wildman–Crippen MR) is 141 cm³/mol. The van der Waals surface area contributed by atoms with Gasteiger partial charge in [-0.15, -0.1) is 0 Å². The highest BCUT2D eigenvalue weighted by atomic mass is 16.5. The summed E-state index contributed by atoms with van der Waals surface area (Å²) >= 11 is 0. The fourth-order valence-electron chi connectivity index (χ4n) is 5.58. The van der Waals surface area contributed by atoms with Crippen LogP contribution in [0.3, 0.4) is 0 Å². The molecule has 2 amide bonds. The number of nitrogens with one attached hydrogen (secondary N) is 2. The Hall–Kier alpha value is -3.16. The third-order valence-corrected chi connectivity index (χ3v) is 7.16. The number of H-pyrrole nitrogens is 1. The lowest BCUT2D eigenvalue weighted by molar-refractivity contribution is -0.121. The molecule has 0 saturated heterocycles. The van der Waals surface area contributed by atoms with Crippen molar-refractivity contribution in [2.45, 2.75) is 97.1 Å². The molecule has 2 N–H and O–H groups in total. The lowest BCUT2D eigenvalue weighted by atomic mass is 9.89. The number of amides is 2. The minimum absolute atomic E-state index is 0.0313. The van der Waals surface area contributed by atoms with E-state index in [0.29, 0.717) is 24.1 Å². The van der Waals surface area contributed by atoms with Crippen LogP contribution >= 0.6 is 0 Å². The van der Waals surface area contributed by atoms with Gasteiger partial charge in [0.1, 0.15) is 5.54 Å². The second-order valence-corrected chi connectivity index (χ2v) is 10.7. The Morgan fingerprint density at radius 2 is 1.89 bits per heavy atom. The third-order valence-electron chi connectivity index (χ3n) is 7.16. The molecule has 8 heteroatoms. The molecule has 1 aromatic carbocycles. The van der Waals surface area contributed by atoms with E-state index >= 15 is 0 Å². The molecule has 2 heterocycles. The summed E-state index contributed by atoms with van der Waals surface area (Å²) in [6.07, 6.45) is 9.34. The average molecular weight is 494 g/mol. The quantitative estimate of drug-likeness (QED) is 0.376. The summed E-state index contributed by atoms with van der Waals surface area (Å²) in [5, 5.41) is 8.45. The largest absolute Gasteiger partial charge is 0.361 e. The molecule has 36 heavy (non-hydrogen) atoms. The van der Waals surface area contributed by atoms with Crippen molar-refractivity contribution in [3.8, 4) is 0 Å². The van der Waals surface area contributed by atoms with E-state index in [1.807, 2.05) is 29.3 Å². The molecule has 0 bridgehead atoms. The Morgan fingerprint density at radius 1 is 1.14 bits per heavy atom. The van der Waals surface area contributed by atoms with Crippen molar-refractivity contribution in [3.63, 3.8) is 0 Å². The van der Waals surface area contributed by atoms with Gasteiger partial charge in [-0.1, -0.05) is 44.7 Å². The van der Waals surface area contributed by atoms with E-state index in [9.17, 15) is 9.59 Å². The van der Waals surface area contributed by atoms with E-state index in [-0.39, 0.29) is 24.3 Å². The second kappa shape index (κ2) is 11.3. The first-order chi connectivity index (χ1) is 17.3. The fraction of sp³-hybridized carbons (Fsp3) is 0.571. The second-order valence-electron chi connectivity index (χ2n) is 10.7. The number of nitrogens with zero attached hydrogens (tertiary/aromatic N) is 3. The minimum atomic E-state index is -0.585. The molecule has 1 aliphatic rings. The third kappa shape index (κ3) is 5.97. The van der Waals surface area contributed by atoms with Crippen molar-refractivity contribution in [3.05, 3.63) is 42.2 Å².